The molecular formula is C26H24N2O3. The molecule has 0 saturated heterocycles. The van der Waals surface area contributed by atoms with Crippen LogP contribution in [0.25, 0.3) is 10.9 Å². The Hall–Kier alpha value is -3.86. The fourth-order valence-corrected chi connectivity index (χ4v) is 3.74. The third kappa shape index (κ3) is 4.83. The van der Waals surface area contributed by atoms with Gasteiger partial charge in [0.1, 0.15) is 5.82 Å². The van der Waals surface area contributed by atoms with Gasteiger partial charge in [0.25, 0.3) is 0 Å². The first-order valence-corrected chi connectivity index (χ1v) is 10.3. The van der Waals surface area contributed by atoms with E-state index in [0.717, 1.165) is 27.6 Å². The number of H-pyrrole nitrogens is 1. The van der Waals surface area contributed by atoms with Crippen LogP contribution < -0.4 is 5.32 Å². The van der Waals surface area contributed by atoms with Gasteiger partial charge in [-0.3, -0.25) is 9.59 Å². The zero-order valence-corrected chi connectivity index (χ0v) is 17.3. The largest absolute Gasteiger partial charge is 0.453 e. The number of amides is 1. The van der Waals surface area contributed by atoms with Crippen molar-refractivity contribution in [2.24, 2.45) is 0 Å². The summed E-state index contributed by atoms with van der Waals surface area (Å²) in [4.78, 5) is 27.7. The van der Waals surface area contributed by atoms with Gasteiger partial charge < -0.3 is 15.0 Å². The van der Waals surface area contributed by atoms with E-state index < -0.39 is 6.10 Å². The normalized spacial score (nSPS) is 10.9. The number of esters is 1. The predicted octanol–water partition coefficient (Wildman–Crippen LogP) is 5.39. The van der Waals surface area contributed by atoms with Crippen LogP contribution in [0, 0.1) is 0 Å². The van der Waals surface area contributed by atoms with Gasteiger partial charge in [-0.1, -0.05) is 78.9 Å². The highest BCUT2D eigenvalue weighted by molar-refractivity contribution is 5.96. The second kappa shape index (κ2) is 9.30. The number of rotatable bonds is 7. The van der Waals surface area contributed by atoms with Gasteiger partial charge >= 0.3 is 5.97 Å². The van der Waals surface area contributed by atoms with Crippen molar-refractivity contribution >= 4 is 28.6 Å². The summed E-state index contributed by atoms with van der Waals surface area (Å²) in [6, 6.07) is 27.2. The number of hydrogen-bond acceptors (Lipinski definition) is 3. The number of carbonyl (C=O) groups is 2. The van der Waals surface area contributed by atoms with Crippen LogP contribution in [-0.4, -0.2) is 16.9 Å². The Kier molecular flexibility index (Phi) is 6.13. The highest BCUT2D eigenvalue weighted by atomic mass is 16.5. The lowest BCUT2D eigenvalue weighted by molar-refractivity contribution is -0.147. The van der Waals surface area contributed by atoms with Crippen molar-refractivity contribution in [1.29, 1.82) is 0 Å². The van der Waals surface area contributed by atoms with Crippen molar-refractivity contribution in [3.63, 3.8) is 0 Å². The van der Waals surface area contributed by atoms with E-state index in [2.05, 4.69) is 10.3 Å². The molecule has 0 aliphatic rings. The maximum absolute atomic E-state index is 12.8. The van der Waals surface area contributed by atoms with E-state index in [1.165, 1.54) is 6.92 Å². The minimum atomic E-state index is -0.465. The van der Waals surface area contributed by atoms with Crippen molar-refractivity contribution in [3.8, 4) is 0 Å². The van der Waals surface area contributed by atoms with Gasteiger partial charge in [0, 0.05) is 29.8 Å². The van der Waals surface area contributed by atoms with Crippen LogP contribution in [0.5, 0.6) is 0 Å². The lowest BCUT2D eigenvalue weighted by Gasteiger charge is -2.19. The van der Waals surface area contributed by atoms with E-state index in [4.69, 9.17) is 4.74 Å². The Morgan fingerprint density at radius 3 is 2.06 bits per heavy atom. The molecule has 0 aliphatic carbocycles. The summed E-state index contributed by atoms with van der Waals surface area (Å²) in [5.41, 5.74) is 3.67. The number of aromatic amines is 1. The number of aryl methyl sites for hydroxylation is 1. The molecule has 2 N–H and O–H groups in total. The molecule has 1 aromatic heterocycles. The van der Waals surface area contributed by atoms with Crippen molar-refractivity contribution in [3.05, 3.63) is 102 Å². The molecule has 4 rings (SSSR count). The summed E-state index contributed by atoms with van der Waals surface area (Å²) in [5, 5.41) is 3.82. The van der Waals surface area contributed by atoms with Gasteiger partial charge in [0.2, 0.25) is 5.91 Å². The Morgan fingerprint density at radius 1 is 0.871 bits per heavy atom. The van der Waals surface area contributed by atoms with Crippen LogP contribution in [0.15, 0.2) is 84.9 Å². The number of para-hydroxylation sites is 1. The lowest BCUT2D eigenvalue weighted by Crippen LogP contribution is -2.14. The number of fused-ring (bicyclic) bond motifs is 1. The molecule has 1 amide bonds. The fraction of sp³-hybridized carbons (Fsp3) is 0.154. The topological polar surface area (TPSA) is 71.2 Å². The molecule has 5 nitrogen and oxygen atoms in total. The second-order valence-corrected chi connectivity index (χ2v) is 7.40. The molecule has 0 aliphatic heterocycles. The van der Waals surface area contributed by atoms with E-state index in [-0.39, 0.29) is 18.3 Å². The van der Waals surface area contributed by atoms with Gasteiger partial charge in [0.05, 0.1) is 0 Å². The average molecular weight is 412 g/mol. The summed E-state index contributed by atoms with van der Waals surface area (Å²) >= 11 is 0. The SMILES string of the molecule is CC(=O)Nc1[nH]c2ccccc2c1CCC(=O)OC(c1ccccc1)c1ccccc1. The molecule has 31 heavy (non-hydrogen) atoms. The summed E-state index contributed by atoms with van der Waals surface area (Å²) in [5.74, 6) is 0.171. The van der Waals surface area contributed by atoms with Crippen LogP contribution in [-0.2, 0) is 20.7 Å². The molecule has 0 fully saturated rings. The van der Waals surface area contributed by atoms with Crippen LogP contribution in [0.3, 0.4) is 0 Å². The molecular weight excluding hydrogens is 388 g/mol. The molecule has 5 heteroatoms. The monoisotopic (exact) mass is 412 g/mol. The van der Waals surface area contributed by atoms with Gasteiger partial charge in [-0.05, 0) is 23.6 Å². The number of aromatic nitrogens is 1. The van der Waals surface area contributed by atoms with Gasteiger partial charge in [-0.25, -0.2) is 0 Å². The third-order valence-corrected chi connectivity index (χ3v) is 5.15. The van der Waals surface area contributed by atoms with Crippen LogP contribution in [0.1, 0.15) is 36.1 Å². The average Bonchev–Trinajstić information content (AvgIpc) is 3.13. The molecule has 0 bridgehead atoms. The minimum absolute atomic E-state index is 0.163. The van der Waals surface area contributed by atoms with Crippen molar-refractivity contribution in [2.45, 2.75) is 25.9 Å². The van der Waals surface area contributed by atoms with Crippen molar-refractivity contribution < 1.29 is 14.3 Å². The summed E-state index contributed by atoms with van der Waals surface area (Å²) in [6.07, 6.45) is 0.187. The highest BCUT2D eigenvalue weighted by Gasteiger charge is 2.20. The predicted molar refractivity (Wildman–Crippen MR) is 122 cm³/mol. The maximum atomic E-state index is 12.8. The van der Waals surface area contributed by atoms with E-state index >= 15 is 0 Å². The summed E-state index contributed by atoms with van der Waals surface area (Å²) in [7, 11) is 0. The fourth-order valence-electron chi connectivity index (χ4n) is 3.74. The molecule has 0 atom stereocenters. The first kappa shape index (κ1) is 20.4. The Labute approximate surface area is 181 Å². The van der Waals surface area contributed by atoms with Crippen LogP contribution in [0.2, 0.25) is 0 Å². The first-order chi connectivity index (χ1) is 15.1. The van der Waals surface area contributed by atoms with E-state index in [0.29, 0.717) is 12.2 Å². The number of carbonyl (C=O) groups excluding carboxylic acids is 2. The van der Waals surface area contributed by atoms with Gasteiger partial charge in [-0.15, -0.1) is 0 Å². The van der Waals surface area contributed by atoms with Crippen molar-refractivity contribution in [2.75, 3.05) is 5.32 Å². The lowest BCUT2D eigenvalue weighted by atomic mass is 10.0. The number of ether oxygens (including phenoxy) is 1. The zero-order valence-electron chi connectivity index (χ0n) is 17.3. The molecule has 0 radical (unpaired) electrons. The number of anilines is 1. The maximum Gasteiger partial charge on any atom is 0.307 e. The second-order valence-electron chi connectivity index (χ2n) is 7.40. The Bertz CT molecular complexity index is 1140. The minimum Gasteiger partial charge on any atom is -0.453 e. The standard InChI is InChI=1S/C26H24N2O3/c1-18(29)27-26-22(21-14-8-9-15-23(21)28-26)16-17-24(30)31-25(19-10-4-2-5-11-19)20-12-6-3-7-13-20/h2-15,25,28H,16-17H2,1H3,(H,27,29). The third-order valence-electron chi connectivity index (χ3n) is 5.15. The number of hydrogen-bond donors (Lipinski definition) is 2. The quantitative estimate of drug-likeness (QED) is 0.400. The summed E-state index contributed by atoms with van der Waals surface area (Å²) in [6.45, 7) is 1.47. The molecule has 0 spiro atoms. The number of nitrogens with one attached hydrogen (secondary N) is 2. The zero-order chi connectivity index (χ0) is 21.6. The smallest absolute Gasteiger partial charge is 0.307 e. The molecule has 3 aromatic carbocycles. The van der Waals surface area contributed by atoms with Crippen LogP contribution >= 0.6 is 0 Å². The molecule has 0 unspecified atom stereocenters. The molecule has 0 saturated carbocycles. The van der Waals surface area contributed by atoms with E-state index in [9.17, 15) is 9.59 Å². The number of benzene rings is 3. The summed E-state index contributed by atoms with van der Waals surface area (Å²) < 4.78 is 5.92. The van der Waals surface area contributed by atoms with E-state index in [1.54, 1.807) is 0 Å². The molecule has 156 valence electrons. The van der Waals surface area contributed by atoms with E-state index in [1.807, 2.05) is 84.9 Å². The molecule has 4 aromatic rings. The molecule has 1 heterocycles. The van der Waals surface area contributed by atoms with Crippen molar-refractivity contribution in [1.82, 2.24) is 4.98 Å². The van der Waals surface area contributed by atoms with Crippen LogP contribution in [0.4, 0.5) is 5.82 Å². The van der Waals surface area contributed by atoms with Gasteiger partial charge in [0.15, 0.2) is 6.10 Å². The first-order valence-electron chi connectivity index (χ1n) is 10.3. The Balaban J connectivity index is 1.54. The highest BCUT2D eigenvalue weighted by Crippen LogP contribution is 2.29. The Morgan fingerprint density at radius 2 is 1.45 bits per heavy atom. The van der Waals surface area contributed by atoms with Gasteiger partial charge in [-0.2, -0.15) is 0 Å².